The van der Waals surface area contributed by atoms with Crippen molar-refractivity contribution in [3.63, 3.8) is 0 Å². The van der Waals surface area contributed by atoms with E-state index in [0.29, 0.717) is 16.7 Å². The fourth-order valence-corrected chi connectivity index (χ4v) is 6.39. The predicted octanol–water partition coefficient (Wildman–Crippen LogP) is 5.97. The van der Waals surface area contributed by atoms with Crippen molar-refractivity contribution < 1.29 is 0 Å². The van der Waals surface area contributed by atoms with Crippen molar-refractivity contribution in [1.82, 2.24) is 19.5 Å². The first-order valence-electron chi connectivity index (χ1n) is 12.5. The number of fused-ring (bicyclic) bond motifs is 1. The van der Waals surface area contributed by atoms with Gasteiger partial charge >= 0.3 is 5.69 Å². The maximum absolute atomic E-state index is 12.9. The number of nitrogens with zero attached hydrogens (tertiary/aromatic N) is 5. The molecule has 2 aromatic heterocycles. The minimum atomic E-state index is -0.629. The molecule has 0 unspecified atom stereocenters. The minimum Gasteiger partial charge on any atom is -0.384 e. The quantitative estimate of drug-likeness (QED) is 0.331. The molecule has 1 saturated carbocycles. The molecule has 1 aliphatic heterocycles. The van der Waals surface area contributed by atoms with Gasteiger partial charge in [-0.25, -0.2) is 14.3 Å². The van der Waals surface area contributed by atoms with E-state index in [9.17, 15) is 4.79 Å². The lowest BCUT2D eigenvalue weighted by Crippen LogP contribution is -2.41. The Morgan fingerprint density at radius 1 is 0.946 bits per heavy atom. The van der Waals surface area contributed by atoms with Gasteiger partial charge in [0.2, 0.25) is 5.95 Å². The van der Waals surface area contributed by atoms with Gasteiger partial charge in [-0.05, 0) is 67.5 Å². The lowest BCUT2D eigenvalue weighted by Gasteiger charge is -2.41. The number of halogens is 2. The highest BCUT2D eigenvalue weighted by atomic mass is 35.5. The third-order valence-electron chi connectivity index (χ3n) is 7.65. The van der Waals surface area contributed by atoms with Gasteiger partial charge in [0, 0.05) is 30.7 Å². The van der Waals surface area contributed by atoms with Gasteiger partial charge in [0.25, 0.3) is 0 Å². The van der Waals surface area contributed by atoms with Crippen LogP contribution in [0.3, 0.4) is 0 Å². The van der Waals surface area contributed by atoms with Gasteiger partial charge in [0.15, 0.2) is 5.65 Å². The van der Waals surface area contributed by atoms with E-state index >= 15 is 0 Å². The molecule has 8 nitrogen and oxygen atoms in total. The summed E-state index contributed by atoms with van der Waals surface area (Å²) in [4.78, 5) is 28.3. The van der Waals surface area contributed by atoms with Gasteiger partial charge in [-0.2, -0.15) is 9.97 Å². The zero-order chi connectivity index (χ0) is 25.6. The first kappa shape index (κ1) is 24.0. The molecule has 0 amide bonds. The van der Waals surface area contributed by atoms with Gasteiger partial charge in [-0.1, -0.05) is 42.1 Å². The summed E-state index contributed by atoms with van der Waals surface area (Å²) in [5.74, 6) is 0.436. The normalized spacial score (nSPS) is 17.0. The monoisotopic (exact) mass is 535 g/mol. The molecule has 3 N–H and O–H groups in total. The smallest absolute Gasteiger partial charge is 0.355 e. The number of aromatic nitrogens is 4. The van der Waals surface area contributed by atoms with Crippen LogP contribution in [0, 0.1) is 5.41 Å². The second-order valence-electron chi connectivity index (χ2n) is 10.0. The first-order chi connectivity index (χ1) is 17.9. The van der Waals surface area contributed by atoms with E-state index in [2.05, 4.69) is 37.3 Å². The fourth-order valence-electron chi connectivity index (χ4n) is 5.83. The van der Waals surface area contributed by atoms with Crippen LogP contribution >= 0.6 is 23.2 Å². The zero-order valence-electron chi connectivity index (χ0n) is 20.3. The molecule has 0 bridgehead atoms. The maximum atomic E-state index is 12.9. The van der Waals surface area contributed by atoms with Crippen molar-refractivity contribution in [2.45, 2.75) is 38.5 Å². The lowest BCUT2D eigenvalue weighted by molar-refractivity contribution is 0.240. The van der Waals surface area contributed by atoms with Gasteiger partial charge < -0.3 is 16.0 Å². The summed E-state index contributed by atoms with van der Waals surface area (Å²) >= 11 is 12.6. The molecule has 190 valence electrons. The molecule has 1 spiro atoms. The van der Waals surface area contributed by atoms with Crippen molar-refractivity contribution in [1.29, 1.82) is 0 Å². The molecular weight excluding hydrogens is 509 g/mol. The number of rotatable bonds is 4. The van der Waals surface area contributed by atoms with Crippen LogP contribution in [0.4, 0.5) is 23.1 Å². The highest BCUT2D eigenvalue weighted by molar-refractivity contribution is 6.37. The summed E-state index contributed by atoms with van der Waals surface area (Å²) in [6, 6.07) is 13.3. The highest BCUT2D eigenvalue weighted by Gasteiger charge is 2.37. The molecular formula is C27H27Cl2N7O. The summed E-state index contributed by atoms with van der Waals surface area (Å²) in [5, 5.41) is 4.20. The minimum absolute atomic E-state index is 0.113. The van der Waals surface area contributed by atoms with Gasteiger partial charge in [0.05, 0.1) is 21.1 Å². The van der Waals surface area contributed by atoms with E-state index in [1.54, 1.807) is 18.2 Å². The Morgan fingerprint density at radius 2 is 1.65 bits per heavy atom. The van der Waals surface area contributed by atoms with E-state index in [-0.39, 0.29) is 27.2 Å². The van der Waals surface area contributed by atoms with Gasteiger partial charge in [0.1, 0.15) is 5.82 Å². The summed E-state index contributed by atoms with van der Waals surface area (Å²) < 4.78 is 1.18. The van der Waals surface area contributed by atoms with Crippen molar-refractivity contribution in [3.8, 4) is 5.69 Å². The van der Waals surface area contributed by atoms with Crippen LogP contribution in [0.25, 0.3) is 16.7 Å². The van der Waals surface area contributed by atoms with Crippen LogP contribution in [-0.4, -0.2) is 32.6 Å². The van der Waals surface area contributed by atoms with Crippen LogP contribution in [0.2, 0.25) is 10.0 Å². The molecule has 10 heteroatoms. The zero-order valence-corrected chi connectivity index (χ0v) is 21.8. The van der Waals surface area contributed by atoms with Crippen molar-refractivity contribution in [3.05, 3.63) is 69.2 Å². The van der Waals surface area contributed by atoms with Crippen LogP contribution in [0.15, 0.2) is 53.5 Å². The molecule has 6 rings (SSSR count). The van der Waals surface area contributed by atoms with Crippen molar-refractivity contribution in [2.75, 3.05) is 29.0 Å². The molecule has 37 heavy (non-hydrogen) atoms. The maximum Gasteiger partial charge on any atom is 0.355 e. The first-order valence-corrected chi connectivity index (χ1v) is 13.3. The topological polar surface area (TPSA) is 102 Å². The Labute approximate surface area is 224 Å². The van der Waals surface area contributed by atoms with Crippen LogP contribution in [0.1, 0.15) is 38.5 Å². The molecule has 1 saturated heterocycles. The van der Waals surface area contributed by atoms with E-state index < -0.39 is 5.69 Å². The molecule has 4 aromatic rings. The van der Waals surface area contributed by atoms with E-state index in [0.717, 1.165) is 18.8 Å². The molecule has 3 heterocycles. The number of para-hydroxylation sites is 1. The Bertz CT molecular complexity index is 1510. The molecule has 2 aliphatic rings. The summed E-state index contributed by atoms with van der Waals surface area (Å²) in [6.07, 6.45) is 9.60. The number of benzene rings is 2. The van der Waals surface area contributed by atoms with Crippen LogP contribution in [-0.2, 0) is 0 Å². The molecule has 0 atom stereocenters. The molecule has 2 aromatic carbocycles. The van der Waals surface area contributed by atoms with Gasteiger partial charge in [-0.15, -0.1) is 0 Å². The summed E-state index contributed by atoms with van der Waals surface area (Å²) in [5.41, 5.74) is 8.76. The number of hydrogen-bond acceptors (Lipinski definition) is 7. The Morgan fingerprint density at radius 3 is 2.38 bits per heavy atom. The number of nitrogen functional groups attached to an aromatic ring is 1. The number of piperidine rings is 1. The second-order valence-corrected chi connectivity index (χ2v) is 10.8. The molecule has 1 aliphatic carbocycles. The average molecular weight is 536 g/mol. The van der Waals surface area contributed by atoms with Gasteiger partial charge in [-0.3, -0.25) is 0 Å². The fraction of sp³-hybridized carbons (Fsp3) is 0.333. The standard InChI is InChI=1S/C27H27Cl2N7O/c28-20-5-3-6-21(29)22(20)36-23(30)19-15-31-25(33-24(19)34-26(36)37)32-17-7-9-18(10-8-17)35-14-4-13-27(16-35)11-1-2-12-27/h3,5-10,15H,1-2,4,11-14,16,30H2,(H,32,33,34,37). The summed E-state index contributed by atoms with van der Waals surface area (Å²) in [6.45, 7) is 2.25. The number of nitrogens with two attached hydrogens (primary N) is 1. The summed E-state index contributed by atoms with van der Waals surface area (Å²) in [7, 11) is 0. The van der Waals surface area contributed by atoms with Crippen molar-refractivity contribution >= 4 is 57.4 Å². The SMILES string of the molecule is Nc1c2cnc(Nc3ccc(N4CCCC5(CCCC5)C4)cc3)nc2nc(=O)n1-c1c(Cl)cccc1Cl. The number of hydrogen-bond donors (Lipinski definition) is 2. The second kappa shape index (κ2) is 9.50. The van der Waals surface area contributed by atoms with E-state index in [1.807, 2.05) is 12.1 Å². The predicted molar refractivity (Wildman–Crippen MR) is 149 cm³/mol. The largest absolute Gasteiger partial charge is 0.384 e. The average Bonchev–Trinajstić information content (AvgIpc) is 3.33. The Kier molecular flexibility index (Phi) is 6.16. The van der Waals surface area contributed by atoms with Crippen molar-refractivity contribution in [2.24, 2.45) is 5.41 Å². The third kappa shape index (κ3) is 4.49. The van der Waals surface area contributed by atoms with Crippen LogP contribution < -0.4 is 21.6 Å². The molecule has 0 radical (unpaired) electrons. The number of anilines is 4. The molecule has 2 fully saturated rings. The third-order valence-corrected chi connectivity index (χ3v) is 8.26. The number of nitrogens with one attached hydrogen (secondary N) is 1. The Hall–Kier alpha value is -3.36. The highest BCUT2D eigenvalue weighted by Crippen LogP contribution is 2.45. The Balaban J connectivity index is 1.24. The van der Waals surface area contributed by atoms with E-state index in [1.165, 1.54) is 55.0 Å². The lowest BCUT2D eigenvalue weighted by atomic mass is 9.78. The van der Waals surface area contributed by atoms with E-state index in [4.69, 9.17) is 28.9 Å². The van der Waals surface area contributed by atoms with Crippen LogP contribution in [0.5, 0.6) is 0 Å².